The molecule has 1 heteroatoms. The van der Waals surface area contributed by atoms with Crippen molar-refractivity contribution in [2.45, 2.75) is 44.8 Å². The van der Waals surface area contributed by atoms with Gasteiger partial charge in [-0.15, -0.1) is 0 Å². The van der Waals surface area contributed by atoms with Gasteiger partial charge in [-0.05, 0) is 30.9 Å². The van der Waals surface area contributed by atoms with E-state index in [1.54, 1.807) is 0 Å². The lowest BCUT2D eigenvalue weighted by Crippen LogP contribution is -2.09. The zero-order chi connectivity index (χ0) is 7.40. The number of rotatable bonds is 3. The third kappa shape index (κ3) is 1.91. The zero-order valence-electron chi connectivity index (χ0n) is 7.10. The van der Waals surface area contributed by atoms with Gasteiger partial charge in [0, 0.05) is 5.25 Å². The van der Waals surface area contributed by atoms with Crippen molar-refractivity contribution < 1.29 is 0 Å². The lowest BCUT2D eigenvalue weighted by molar-refractivity contribution is 0.462. The molecule has 1 aliphatic heterocycles. The fourth-order valence-electron chi connectivity index (χ4n) is 1.84. The molecule has 0 N–H and O–H groups in total. The first-order valence-corrected chi connectivity index (χ1v) is 5.55. The third-order valence-corrected chi connectivity index (χ3v) is 4.03. The van der Waals surface area contributed by atoms with Crippen LogP contribution in [-0.2, 0) is 0 Å². The van der Waals surface area contributed by atoms with Gasteiger partial charge in [-0.1, -0.05) is 20.3 Å². The Bertz CT molecular complexity index is 90.7. The number of hydrogen-bond acceptors (Lipinski definition) is 1. The molecule has 0 spiro atoms. The lowest BCUT2D eigenvalue weighted by Gasteiger charge is -2.15. The second-order valence-electron chi connectivity index (χ2n) is 3.15. The maximum atomic E-state index is 2.33. The van der Waals surface area contributed by atoms with Gasteiger partial charge in [-0.2, -0.15) is 11.8 Å². The predicted octanol–water partition coefficient (Wildman–Crippen LogP) is 3.32. The Balaban J connectivity index is 2.27. The molecule has 1 rings (SSSR count). The van der Waals surface area contributed by atoms with E-state index in [0.29, 0.717) is 0 Å². The second kappa shape index (κ2) is 4.27. The highest BCUT2D eigenvalue weighted by atomic mass is 32.2. The summed E-state index contributed by atoms with van der Waals surface area (Å²) in [5.74, 6) is 2.48. The van der Waals surface area contributed by atoms with Crippen LogP contribution in [0.15, 0.2) is 0 Å². The molecule has 0 radical (unpaired) electrons. The molecule has 0 bridgehead atoms. The van der Waals surface area contributed by atoms with Gasteiger partial charge in [0.2, 0.25) is 0 Å². The molecular weight excluding hydrogens is 140 g/mol. The fourth-order valence-corrected chi connectivity index (χ4v) is 3.37. The molecule has 0 saturated carbocycles. The highest BCUT2D eigenvalue weighted by Crippen LogP contribution is 2.36. The van der Waals surface area contributed by atoms with E-state index in [1.165, 1.54) is 31.4 Å². The van der Waals surface area contributed by atoms with E-state index in [0.717, 1.165) is 11.2 Å². The Morgan fingerprint density at radius 1 is 1.40 bits per heavy atom. The maximum absolute atomic E-state index is 2.33. The summed E-state index contributed by atoms with van der Waals surface area (Å²) >= 11 is 2.19. The van der Waals surface area contributed by atoms with Crippen molar-refractivity contribution in [3.05, 3.63) is 0 Å². The molecule has 60 valence electrons. The van der Waals surface area contributed by atoms with Crippen LogP contribution in [0.5, 0.6) is 0 Å². The Morgan fingerprint density at radius 2 is 2.20 bits per heavy atom. The Morgan fingerprint density at radius 3 is 2.80 bits per heavy atom. The molecule has 0 nitrogen and oxygen atoms in total. The van der Waals surface area contributed by atoms with Crippen LogP contribution in [0, 0.1) is 5.92 Å². The lowest BCUT2D eigenvalue weighted by atomic mass is 9.96. The van der Waals surface area contributed by atoms with Crippen molar-refractivity contribution in [2.24, 2.45) is 5.92 Å². The molecule has 1 aliphatic rings. The SMILES string of the molecule is CCCC1CCSC1CC. The summed E-state index contributed by atoms with van der Waals surface area (Å²) in [7, 11) is 0. The van der Waals surface area contributed by atoms with Crippen LogP contribution >= 0.6 is 11.8 Å². The molecule has 2 unspecified atom stereocenters. The van der Waals surface area contributed by atoms with Crippen molar-refractivity contribution in [3.8, 4) is 0 Å². The van der Waals surface area contributed by atoms with Crippen molar-refractivity contribution in [3.63, 3.8) is 0 Å². The van der Waals surface area contributed by atoms with Crippen LogP contribution in [-0.4, -0.2) is 11.0 Å². The molecule has 0 aromatic carbocycles. The van der Waals surface area contributed by atoms with E-state index in [2.05, 4.69) is 25.6 Å². The molecule has 1 heterocycles. The minimum Gasteiger partial charge on any atom is -0.158 e. The van der Waals surface area contributed by atoms with Crippen LogP contribution in [0.4, 0.5) is 0 Å². The maximum Gasteiger partial charge on any atom is 0.00729 e. The van der Waals surface area contributed by atoms with Gasteiger partial charge in [-0.3, -0.25) is 0 Å². The zero-order valence-corrected chi connectivity index (χ0v) is 7.91. The van der Waals surface area contributed by atoms with E-state index in [9.17, 15) is 0 Å². The molecule has 0 aliphatic carbocycles. The van der Waals surface area contributed by atoms with Crippen LogP contribution < -0.4 is 0 Å². The normalized spacial score (nSPS) is 33.0. The number of hydrogen-bond donors (Lipinski definition) is 0. The molecule has 0 amide bonds. The van der Waals surface area contributed by atoms with Crippen molar-refractivity contribution in [1.82, 2.24) is 0 Å². The monoisotopic (exact) mass is 158 g/mol. The van der Waals surface area contributed by atoms with Gasteiger partial charge in [0.15, 0.2) is 0 Å². The topological polar surface area (TPSA) is 0 Å². The summed E-state index contributed by atoms with van der Waals surface area (Å²) in [6, 6.07) is 0. The largest absolute Gasteiger partial charge is 0.158 e. The van der Waals surface area contributed by atoms with Crippen LogP contribution in [0.25, 0.3) is 0 Å². The fraction of sp³-hybridized carbons (Fsp3) is 1.00. The van der Waals surface area contributed by atoms with Crippen LogP contribution in [0.1, 0.15) is 39.5 Å². The van der Waals surface area contributed by atoms with E-state index < -0.39 is 0 Å². The summed E-state index contributed by atoms with van der Waals surface area (Å²) in [6.07, 6.45) is 5.71. The minimum absolute atomic E-state index is 1.000. The highest BCUT2D eigenvalue weighted by molar-refractivity contribution is 8.00. The molecule has 2 atom stereocenters. The number of thioether (sulfide) groups is 1. The van der Waals surface area contributed by atoms with Gasteiger partial charge < -0.3 is 0 Å². The first kappa shape index (κ1) is 8.45. The van der Waals surface area contributed by atoms with E-state index in [1.807, 2.05) is 0 Å². The Hall–Kier alpha value is 0.350. The van der Waals surface area contributed by atoms with Crippen molar-refractivity contribution in [2.75, 3.05) is 5.75 Å². The predicted molar refractivity (Wildman–Crippen MR) is 49.6 cm³/mol. The summed E-state index contributed by atoms with van der Waals surface area (Å²) in [5, 5.41) is 1.000. The highest BCUT2D eigenvalue weighted by Gasteiger charge is 2.24. The molecule has 0 aromatic rings. The summed E-state index contributed by atoms with van der Waals surface area (Å²) in [6.45, 7) is 4.63. The van der Waals surface area contributed by atoms with Gasteiger partial charge >= 0.3 is 0 Å². The Kier molecular flexibility index (Phi) is 3.61. The third-order valence-electron chi connectivity index (χ3n) is 2.41. The van der Waals surface area contributed by atoms with E-state index in [4.69, 9.17) is 0 Å². The molecular formula is C9H18S. The summed E-state index contributed by atoms with van der Waals surface area (Å²) in [5.41, 5.74) is 0. The van der Waals surface area contributed by atoms with Crippen molar-refractivity contribution in [1.29, 1.82) is 0 Å². The van der Waals surface area contributed by atoms with Gasteiger partial charge in [0.1, 0.15) is 0 Å². The molecule has 1 saturated heterocycles. The van der Waals surface area contributed by atoms with Gasteiger partial charge in [0.05, 0.1) is 0 Å². The first-order valence-electron chi connectivity index (χ1n) is 4.50. The quantitative estimate of drug-likeness (QED) is 0.607. The van der Waals surface area contributed by atoms with E-state index in [-0.39, 0.29) is 0 Å². The summed E-state index contributed by atoms with van der Waals surface area (Å²) < 4.78 is 0. The van der Waals surface area contributed by atoms with E-state index >= 15 is 0 Å². The Labute approximate surface area is 68.8 Å². The van der Waals surface area contributed by atoms with Gasteiger partial charge in [-0.25, -0.2) is 0 Å². The van der Waals surface area contributed by atoms with Gasteiger partial charge in [0.25, 0.3) is 0 Å². The first-order chi connectivity index (χ1) is 4.88. The molecule has 10 heavy (non-hydrogen) atoms. The van der Waals surface area contributed by atoms with Crippen molar-refractivity contribution >= 4 is 11.8 Å². The molecule has 0 aromatic heterocycles. The molecule has 1 fully saturated rings. The minimum atomic E-state index is 1.000. The summed E-state index contributed by atoms with van der Waals surface area (Å²) in [4.78, 5) is 0. The smallest absolute Gasteiger partial charge is 0.00729 e. The second-order valence-corrected chi connectivity index (χ2v) is 4.50. The average molecular weight is 158 g/mol. The van der Waals surface area contributed by atoms with Crippen LogP contribution in [0.2, 0.25) is 0 Å². The standard InChI is InChI=1S/C9H18S/c1-3-5-8-6-7-10-9(8)4-2/h8-9H,3-7H2,1-2H3. The average Bonchev–Trinajstić information content (AvgIpc) is 2.36. The van der Waals surface area contributed by atoms with Crippen LogP contribution in [0.3, 0.4) is 0 Å².